The van der Waals surface area contributed by atoms with E-state index >= 15 is 0 Å². The second-order valence-electron chi connectivity index (χ2n) is 4.83. The van der Waals surface area contributed by atoms with E-state index < -0.39 is 0 Å². The van der Waals surface area contributed by atoms with Crippen molar-refractivity contribution in [3.8, 4) is 0 Å². The van der Waals surface area contributed by atoms with Crippen LogP contribution < -0.4 is 10.5 Å². The fourth-order valence-corrected chi connectivity index (χ4v) is 2.45. The molecule has 2 aromatic heterocycles. The third-order valence-corrected chi connectivity index (χ3v) is 3.47. The SMILES string of the molecule is O=c1cc(N2CCOC(CCO)C2)nc2ccccn12. The Kier molecular flexibility index (Phi) is 3.66. The van der Waals surface area contributed by atoms with Crippen LogP contribution in [0.15, 0.2) is 35.3 Å². The lowest BCUT2D eigenvalue weighted by molar-refractivity contribution is 0.0244. The molecule has 1 saturated heterocycles. The van der Waals surface area contributed by atoms with Gasteiger partial charge in [0.15, 0.2) is 0 Å². The van der Waals surface area contributed by atoms with Gasteiger partial charge in [-0.1, -0.05) is 6.07 Å². The zero-order valence-electron chi connectivity index (χ0n) is 11.1. The van der Waals surface area contributed by atoms with E-state index in [4.69, 9.17) is 9.84 Å². The van der Waals surface area contributed by atoms with Crippen LogP contribution in [0.3, 0.4) is 0 Å². The third-order valence-electron chi connectivity index (χ3n) is 3.47. The van der Waals surface area contributed by atoms with Crippen LogP contribution in [0.25, 0.3) is 5.65 Å². The molecule has 1 N–H and O–H groups in total. The maximum Gasteiger partial charge on any atom is 0.259 e. The van der Waals surface area contributed by atoms with E-state index in [-0.39, 0.29) is 18.3 Å². The highest BCUT2D eigenvalue weighted by molar-refractivity contribution is 5.48. The van der Waals surface area contributed by atoms with Crippen LogP contribution in [0.2, 0.25) is 0 Å². The number of nitrogens with zero attached hydrogens (tertiary/aromatic N) is 3. The summed E-state index contributed by atoms with van der Waals surface area (Å²) in [7, 11) is 0. The van der Waals surface area contributed by atoms with Gasteiger partial charge in [0.25, 0.3) is 5.56 Å². The highest BCUT2D eigenvalue weighted by atomic mass is 16.5. The number of hydrogen-bond acceptors (Lipinski definition) is 5. The lowest BCUT2D eigenvalue weighted by atomic mass is 10.2. The number of rotatable bonds is 3. The van der Waals surface area contributed by atoms with Gasteiger partial charge in [-0.2, -0.15) is 0 Å². The Morgan fingerprint density at radius 3 is 3.20 bits per heavy atom. The highest BCUT2D eigenvalue weighted by Gasteiger charge is 2.21. The number of ether oxygens (including phenoxy) is 1. The minimum atomic E-state index is -0.0872. The molecule has 1 atom stereocenters. The molecule has 0 saturated carbocycles. The van der Waals surface area contributed by atoms with Crippen LogP contribution in [-0.4, -0.2) is 46.9 Å². The number of aliphatic hydroxyl groups excluding tert-OH is 1. The Morgan fingerprint density at radius 1 is 1.45 bits per heavy atom. The Morgan fingerprint density at radius 2 is 2.35 bits per heavy atom. The first kappa shape index (κ1) is 13.1. The van der Waals surface area contributed by atoms with Crippen molar-refractivity contribution in [3.05, 3.63) is 40.8 Å². The molecule has 6 heteroatoms. The topological polar surface area (TPSA) is 67.1 Å². The Bertz CT molecular complexity index is 653. The molecule has 1 aliphatic rings. The molecule has 2 aromatic rings. The second-order valence-corrected chi connectivity index (χ2v) is 4.83. The Balaban J connectivity index is 1.92. The molecule has 1 aliphatic heterocycles. The molecule has 0 amide bonds. The molecule has 0 spiro atoms. The first-order chi connectivity index (χ1) is 9.78. The first-order valence-corrected chi connectivity index (χ1v) is 6.74. The summed E-state index contributed by atoms with van der Waals surface area (Å²) in [6.07, 6.45) is 2.30. The van der Waals surface area contributed by atoms with Gasteiger partial charge in [-0.05, 0) is 18.6 Å². The monoisotopic (exact) mass is 275 g/mol. The molecule has 0 bridgehead atoms. The van der Waals surface area contributed by atoms with Crippen LogP contribution in [-0.2, 0) is 4.74 Å². The standard InChI is InChI=1S/C14H17N3O3/c18-7-4-11-10-16(6-8-20-11)13-9-14(19)17-5-2-1-3-12(17)15-13/h1-3,5,9,11,18H,4,6-8,10H2. The molecule has 3 heterocycles. The van der Waals surface area contributed by atoms with E-state index in [1.165, 1.54) is 4.40 Å². The fraction of sp³-hybridized carbons (Fsp3) is 0.429. The van der Waals surface area contributed by atoms with E-state index in [9.17, 15) is 4.79 Å². The molecule has 106 valence electrons. The third kappa shape index (κ3) is 2.52. The first-order valence-electron chi connectivity index (χ1n) is 6.74. The van der Waals surface area contributed by atoms with Gasteiger partial charge < -0.3 is 14.7 Å². The summed E-state index contributed by atoms with van der Waals surface area (Å²) >= 11 is 0. The van der Waals surface area contributed by atoms with Crippen molar-refractivity contribution in [3.63, 3.8) is 0 Å². The van der Waals surface area contributed by atoms with E-state index in [1.807, 2.05) is 23.1 Å². The van der Waals surface area contributed by atoms with E-state index in [0.717, 1.165) is 0 Å². The van der Waals surface area contributed by atoms with Crippen molar-refractivity contribution in [1.82, 2.24) is 9.38 Å². The second kappa shape index (κ2) is 5.60. The Hall–Kier alpha value is -1.92. The highest BCUT2D eigenvalue weighted by Crippen LogP contribution is 2.16. The molecule has 6 nitrogen and oxygen atoms in total. The number of pyridine rings is 1. The maximum absolute atomic E-state index is 12.1. The summed E-state index contributed by atoms with van der Waals surface area (Å²) in [5.41, 5.74) is 0.552. The summed E-state index contributed by atoms with van der Waals surface area (Å²) in [4.78, 5) is 18.6. The van der Waals surface area contributed by atoms with E-state index in [1.54, 1.807) is 12.3 Å². The minimum absolute atomic E-state index is 0.00947. The van der Waals surface area contributed by atoms with Crippen molar-refractivity contribution in [2.45, 2.75) is 12.5 Å². The van der Waals surface area contributed by atoms with Crippen LogP contribution >= 0.6 is 0 Å². The number of aromatic nitrogens is 2. The normalized spacial score (nSPS) is 19.4. The number of aliphatic hydroxyl groups is 1. The molecule has 1 unspecified atom stereocenters. The Labute approximate surface area is 116 Å². The van der Waals surface area contributed by atoms with Crippen LogP contribution in [0, 0.1) is 0 Å². The number of hydrogen-bond donors (Lipinski definition) is 1. The van der Waals surface area contributed by atoms with Gasteiger partial charge in [0.05, 0.1) is 12.7 Å². The van der Waals surface area contributed by atoms with Gasteiger partial charge in [-0.15, -0.1) is 0 Å². The van der Waals surface area contributed by atoms with Gasteiger partial charge in [0.2, 0.25) is 0 Å². The summed E-state index contributed by atoms with van der Waals surface area (Å²) in [5.74, 6) is 0.674. The van der Waals surface area contributed by atoms with Crippen molar-refractivity contribution >= 4 is 11.5 Å². The van der Waals surface area contributed by atoms with Crippen molar-refractivity contribution in [2.75, 3.05) is 31.2 Å². The van der Waals surface area contributed by atoms with Gasteiger partial charge in [0.1, 0.15) is 11.5 Å². The molecule has 1 fully saturated rings. The average molecular weight is 275 g/mol. The maximum atomic E-state index is 12.1. The summed E-state index contributed by atoms with van der Waals surface area (Å²) in [6, 6.07) is 7.03. The molecule has 0 aromatic carbocycles. The van der Waals surface area contributed by atoms with Crippen molar-refractivity contribution < 1.29 is 9.84 Å². The zero-order valence-corrected chi connectivity index (χ0v) is 11.1. The molecular formula is C14H17N3O3. The summed E-state index contributed by atoms with van der Waals surface area (Å²) < 4.78 is 7.10. The minimum Gasteiger partial charge on any atom is -0.396 e. The molecule has 0 radical (unpaired) electrons. The number of morpholine rings is 1. The molecule has 20 heavy (non-hydrogen) atoms. The van der Waals surface area contributed by atoms with E-state index in [0.29, 0.717) is 37.6 Å². The predicted octanol–water partition coefficient (Wildman–Crippen LogP) is 0.282. The molecule has 3 rings (SSSR count). The summed E-state index contributed by atoms with van der Waals surface area (Å²) in [5, 5.41) is 8.99. The van der Waals surface area contributed by atoms with Crippen LogP contribution in [0.1, 0.15) is 6.42 Å². The predicted molar refractivity (Wildman–Crippen MR) is 75.1 cm³/mol. The fourth-order valence-electron chi connectivity index (χ4n) is 2.45. The van der Waals surface area contributed by atoms with Gasteiger partial charge >= 0.3 is 0 Å². The number of fused-ring (bicyclic) bond motifs is 1. The van der Waals surface area contributed by atoms with Gasteiger partial charge in [-0.25, -0.2) is 4.98 Å². The van der Waals surface area contributed by atoms with E-state index in [2.05, 4.69) is 4.98 Å². The largest absolute Gasteiger partial charge is 0.396 e. The van der Waals surface area contributed by atoms with Gasteiger partial charge in [-0.3, -0.25) is 9.20 Å². The zero-order chi connectivity index (χ0) is 13.9. The van der Waals surface area contributed by atoms with Gasteiger partial charge in [0, 0.05) is 32.0 Å². The number of anilines is 1. The van der Waals surface area contributed by atoms with Crippen molar-refractivity contribution in [1.29, 1.82) is 0 Å². The molecular weight excluding hydrogens is 258 g/mol. The van der Waals surface area contributed by atoms with Crippen LogP contribution in [0.5, 0.6) is 0 Å². The smallest absolute Gasteiger partial charge is 0.259 e. The lowest BCUT2D eigenvalue weighted by Gasteiger charge is -2.33. The van der Waals surface area contributed by atoms with Crippen molar-refractivity contribution in [2.24, 2.45) is 0 Å². The van der Waals surface area contributed by atoms with Crippen LogP contribution in [0.4, 0.5) is 5.82 Å². The average Bonchev–Trinajstić information content (AvgIpc) is 2.48. The lowest BCUT2D eigenvalue weighted by Crippen LogP contribution is -2.43. The molecule has 0 aliphatic carbocycles. The summed E-state index contributed by atoms with van der Waals surface area (Å²) in [6.45, 7) is 2.04. The quantitative estimate of drug-likeness (QED) is 0.871.